The molecule has 3 aromatic rings. The Labute approximate surface area is 158 Å². The number of methoxy groups -OCH3 is 1. The standard InChI is InChI=1S/C21H23N3O3/c1-14(23-21(26)12-16-5-4-6-18(25)11-16)20-13-22-24(15(20)2)17-7-9-19(27-3)10-8-17/h4-11,13-14,25H,12H2,1-3H3,(H,23,26). The van der Waals surface area contributed by atoms with Crippen molar-refractivity contribution in [2.75, 3.05) is 7.11 Å². The fourth-order valence-electron chi connectivity index (χ4n) is 3.05. The highest BCUT2D eigenvalue weighted by Crippen LogP contribution is 2.22. The van der Waals surface area contributed by atoms with Crippen LogP contribution in [0, 0.1) is 6.92 Å². The maximum Gasteiger partial charge on any atom is 0.224 e. The van der Waals surface area contributed by atoms with Gasteiger partial charge in [0.15, 0.2) is 0 Å². The Bertz CT molecular complexity index is 932. The van der Waals surface area contributed by atoms with E-state index in [0.29, 0.717) is 0 Å². The third-order valence-corrected chi connectivity index (χ3v) is 4.48. The van der Waals surface area contributed by atoms with Gasteiger partial charge >= 0.3 is 0 Å². The summed E-state index contributed by atoms with van der Waals surface area (Å²) in [5.41, 5.74) is 3.61. The number of nitrogens with one attached hydrogen (secondary N) is 1. The summed E-state index contributed by atoms with van der Waals surface area (Å²) in [5, 5.41) is 17.0. The van der Waals surface area contributed by atoms with Gasteiger partial charge in [-0.3, -0.25) is 4.79 Å². The van der Waals surface area contributed by atoms with Crippen LogP contribution in [0.25, 0.3) is 5.69 Å². The highest BCUT2D eigenvalue weighted by Gasteiger charge is 2.16. The molecule has 0 bridgehead atoms. The second-order valence-corrected chi connectivity index (χ2v) is 6.43. The van der Waals surface area contributed by atoms with Crippen molar-refractivity contribution < 1.29 is 14.6 Å². The van der Waals surface area contributed by atoms with Crippen LogP contribution in [0.1, 0.15) is 29.8 Å². The molecule has 2 N–H and O–H groups in total. The van der Waals surface area contributed by atoms with Gasteiger partial charge in [-0.05, 0) is 55.8 Å². The van der Waals surface area contributed by atoms with Crippen molar-refractivity contribution in [1.82, 2.24) is 15.1 Å². The smallest absolute Gasteiger partial charge is 0.224 e. The van der Waals surface area contributed by atoms with Crippen LogP contribution in [-0.4, -0.2) is 27.9 Å². The fourth-order valence-corrected chi connectivity index (χ4v) is 3.05. The Kier molecular flexibility index (Phi) is 5.45. The number of amides is 1. The molecule has 6 heteroatoms. The first-order chi connectivity index (χ1) is 13.0. The molecule has 0 saturated carbocycles. The van der Waals surface area contributed by atoms with Gasteiger partial charge in [-0.2, -0.15) is 5.10 Å². The largest absolute Gasteiger partial charge is 0.508 e. The summed E-state index contributed by atoms with van der Waals surface area (Å²) in [7, 11) is 1.63. The maximum atomic E-state index is 12.3. The average molecular weight is 365 g/mol. The van der Waals surface area contributed by atoms with Crippen LogP contribution >= 0.6 is 0 Å². The minimum Gasteiger partial charge on any atom is -0.508 e. The van der Waals surface area contributed by atoms with Crippen LogP contribution in [0.15, 0.2) is 54.7 Å². The number of rotatable bonds is 6. The van der Waals surface area contributed by atoms with Gasteiger partial charge in [0, 0.05) is 11.3 Å². The van der Waals surface area contributed by atoms with E-state index in [9.17, 15) is 9.90 Å². The number of aromatic nitrogens is 2. The van der Waals surface area contributed by atoms with E-state index in [1.807, 2.05) is 48.9 Å². The molecule has 0 saturated heterocycles. The average Bonchev–Trinajstić information content (AvgIpc) is 3.03. The van der Waals surface area contributed by atoms with Crippen LogP contribution in [-0.2, 0) is 11.2 Å². The lowest BCUT2D eigenvalue weighted by Crippen LogP contribution is -2.28. The van der Waals surface area contributed by atoms with Crippen molar-refractivity contribution in [1.29, 1.82) is 0 Å². The number of nitrogens with zero attached hydrogens (tertiary/aromatic N) is 2. The van der Waals surface area contributed by atoms with Crippen molar-refractivity contribution in [3.05, 3.63) is 71.5 Å². The summed E-state index contributed by atoms with van der Waals surface area (Å²) in [4.78, 5) is 12.3. The lowest BCUT2D eigenvalue weighted by atomic mass is 10.1. The van der Waals surface area contributed by atoms with E-state index in [1.54, 1.807) is 31.5 Å². The molecule has 1 amide bonds. The molecule has 3 rings (SSSR count). The highest BCUT2D eigenvalue weighted by atomic mass is 16.5. The number of carbonyl (C=O) groups excluding carboxylic acids is 1. The van der Waals surface area contributed by atoms with Crippen molar-refractivity contribution in [3.63, 3.8) is 0 Å². The summed E-state index contributed by atoms with van der Waals surface area (Å²) in [5.74, 6) is 0.839. The van der Waals surface area contributed by atoms with Gasteiger partial charge in [0.05, 0.1) is 31.5 Å². The molecule has 27 heavy (non-hydrogen) atoms. The zero-order chi connectivity index (χ0) is 19.4. The summed E-state index contributed by atoms with van der Waals surface area (Å²) in [6, 6.07) is 14.2. The van der Waals surface area contributed by atoms with Crippen molar-refractivity contribution in [3.8, 4) is 17.2 Å². The number of phenolic OH excluding ortho intramolecular Hbond substituents is 1. The Morgan fingerprint density at radius 1 is 1.26 bits per heavy atom. The molecule has 0 fully saturated rings. The molecule has 0 aliphatic rings. The number of ether oxygens (including phenoxy) is 1. The van der Waals surface area contributed by atoms with E-state index in [4.69, 9.17) is 4.74 Å². The van der Waals surface area contributed by atoms with Crippen LogP contribution in [0.4, 0.5) is 0 Å². The number of carbonyl (C=O) groups is 1. The van der Waals surface area contributed by atoms with E-state index in [-0.39, 0.29) is 24.1 Å². The van der Waals surface area contributed by atoms with Crippen LogP contribution in [0.2, 0.25) is 0 Å². The molecular weight excluding hydrogens is 342 g/mol. The van der Waals surface area contributed by atoms with E-state index in [1.165, 1.54) is 0 Å². The Morgan fingerprint density at radius 2 is 2.00 bits per heavy atom. The molecule has 1 atom stereocenters. The zero-order valence-corrected chi connectivity index (χ0v) is 15.6. The van der Waals surface area contributed by atoms with Crippen molar-refractivity contribution >= 4 is 5.91 Å². The van der Waals surface area contributed by atoms with E-state index in [0.717, 1.165) is 28.3 Å². The van der Waals surface area contributed by atoms with Crippen molar-refractivity contribution in [2.45, 2.75) is 26.3 Å². The molecule has 1 heterocycles. The monoisotopic (exact) mass is 365 g/mol. The second-order valence-electron chi connectivity index (χ2n) is 6.43. The lowest BCUT2D eigenvalue weighted by molar-refractivity contribution is -0.121. The summed E-state index contributed by atoms with van der Waals surface area (Å²) in [6.45, 7) is 3.91. The normalized spacial score (nSPS) is 11.8. The Morgan fingerprint density at radius 3 is 2.67 bits per heavy atom. The van der Waals surface area contributed by atoms with Gasteiger partial charge < -0.3 is 15.2 Å². The molecule has 0 aliphatic heterocycles. The molecule has 1 unspecified atom stereocenters. The van der Waals surface area contributed by atoms with E-state index < -0.39 is 0 Å². The maximum absolute atomic E-state index is 12.3. The zero-order valence-electron chi connectivity index (χ0n) is 15.6. The highest BCUT2D eigenvalue weighted by molar-refractivity contribution is 5.79. The van der Waals surface area contributed by atoms with Crippen molar-refractivity contribution in [2.24, 2.45) is 0 Å². The first-order valence-electron chi connectivity index (χ1n) is 8.74. The predicted octanol–water partition coefficient (Wildman–Crippen LogP) is 3.31. The Balaban J connectivity index is 1.70. The van der Waals surface area contributed by atoms with Gasteiger partial charge in [-0.1, -0.05) is 12.1 Å². The Hall–Kier alpha value is -3.28. The van der Waals surface area contributed by atoms with Gasteiger partial charge in [-0.15, -0.1) is 0 Å². The number of phenols is 1. The first-order valence-corrected chi connectivity index (χ1v) is 8.74. The first kappa shape index (κ1) is 18.5. The molecule has 0 aliphatic carbocycles. The predicted molar refractivity (Wildman–Crippen MR) is 103 cm³/mol. The number of hydrogen-bond acceptors (Lipinski definition) is 4. The van der Waals surface area contributed by atoms with Gasteiger partial charge in [0.1, 0.15) is 11.5 Å². The summed E-state index contributed by atoms with van der Waals surface area (Å²) >= 11 is 0. The molecule has 140 valence electrons. The molecule has 0 spiro atoms. The van der Waals surface area contributed by atoms with Crippen LogP contribution in [0.3, 0.4) is 0 Å². The molecular formula is C21H23N3O3. The van der Waals surface area contributed by atoms with E-state index in [2.05, 4.69) is 10.4 Å². The fraction of sp³-hybridized carbons (Fsp3) is 0.238. The van der Waals surface area contributed by atoms with Crippen LogP contribution < -0.4 is 10.1 Å². The van der Waals surface area contributed by atoms with Gasteiger partial charge in [0.2, 0.25) is 5.91 Å². The molecule has 6 nitrogen and oxygen atoms in total. The lowest BCUT2D eigenvalue weighted by Gasteiger charge is -2.14. The SMILES string of the molecule is COc1ccc(-n2ncc(C(C)NC(=O)Cc3cccc(O)c3)c2C)cc1. The molecule has 1 aromatic heterocycles. The third-order valence-electron chi connectivity index (χ3n) is 4.48. The number of hydrogen-bond donors (Lipinski definition) is 2. The minimum atomic E-state index is -0.179. The van der Waals surface area contributed by atoms with E-state index >= 15 is 0 Å². The summed E-state index contributed by atoms with van der Waals surface area (Å²) < 4.78 is 7.03. The van der Waals surface area contributed by atoms with Crippen LogP contribution in [0.5, 0.6) is 11.5 Å². The third kappa shape index (κ3) is 4.28. The minimum absolute atomic E-state index is 0.107. The topological polar surface area (TPSA) is 76.4 Å². The second kappa shape index (κ2) is 7.95. The van der Waals surface area contributed by atoms with Gasteiger partial charge in [-0.25, -0.2) is 4.68 Å². The number of benzene rings is 2. The van der Waals surface area contributed by atoms with Gasteiger partial charge in [0.25, 0.3) is 0 Å². The summed E-state index contributed by atoms with van der Waals surface area (Å²) in [6.07, 6.45) is 1.99. The number of aromatic hydroxyl groups is 1. The quantitative estimate of drug-likeness (QED) is 0.703. The molecule has 2 aromatic carbocycles. The molecule has 0 radical (unpaired) electrons.